The Bertz CT molecular complexity index is 7360. The molecule has 2 aromatic heterocycles. The molecule has 7 aromatic carbocycles. The van der Waals surface area contributed by atoms with Crippen molar-refractivity contribution in [3.63, 3.8) is 0 Å². The first kappa shape index (κ1) is 88.1. The van der Waals surface area contributed by atoms with Crippen LogP contribution < -0.4 is 46.0 Å². The second kappa shape index (κ2) is 34.3. The maximum absolute atomic E-state index is 14.6. The molecule has 6 aliphatic rings. The number of ether oxygens (including phenoxy) is 3. The van der Waals surface area contributed by atoms with Crippen LogP contribution in [0.1, 0.15) is 67.3 Å². The number of rotatable bonds is 9. The fourth-order valence-electron chi connectivity index (χ4n) is 14.9. The largest absolute Gasteiger partial charge is 0.573 e. The summed E-state index contributed by atoms with van der Waals surface area (Å²) in [5.74, 6) is -19.8. The quantitative estimate of drug-likeness (QED) is 0.0565. The highest BCUT2D eigenvalue weighted by atomic mass is 19.4. The number of alkyl halides is 9. The van der Waals surface area contributed by atoms with E-state index >= 15 is 0 Å². The minimum absolute atomic E-state index is 0.0572. The molecule has 0 aliphatic heterocycles. The molecule has 6 aliphatic carbocycles. The Morgan fingerprint density at radius 1 is 0.383 bits per heavy atom. The summed E-state index contributed by atoms with van der Waals surface area (Å²) in [6.45, 7) is 45.7. The van der Waals surface area contributed by atoms with Crippen molar-refractivity contribution in [1.82, 2.24) is 19.9 Å². The lowest BCUT2D eigenvalue weighted by molar-refractivity contribution is -0.275. The molecule has 0 radical (unpaired) electrons. The SMILES string of the molecule is [C-]#[N+]/C(=C1\C=c2nc3c(nc2C1)=C/C(=C(\C#N)c1c(F)c(F)c(C#N)c(F)c1F)C3)c1c(F)c(F)c([N+]#[C-])c(F)c1F.[C-]#[N+]C([N+]#[C-])=C1Cc2c(-c3ccc(OC(F)(F)F)cc3)c3c(c(-c4ccc(OC(F)(F)F)cc4)c2=C1c1ccc(C)cc1)CC(=C(C#N)C#N)C=3c1ccc(OC(F)(F)F)cc1.[C-]#[N+]C([N+]#[C-])=C1Cc2nc3c(nc2=C1F)CC(=C(C#N)C#N)C=3F. The van der Waals surface area contributed by atoms with Crippen LogP contribution in [0.2, 0.25) is 0 Å². The average Bonchev–Trinajstić information content (AvgIpc) is 1.53. The number of fused-ring (bicyclic) bond motifs is 6. The highest BCUT2D eigenvalue weighted by Gasteiger charge is 2.41. The first-order valence-corrected chi connectivity index (χ1v) is 35.8. The second-order valence-corrected chi connectivity index (χ2v) is 27.4. The maximum atomic E-state index is 14.6. The van der Waals surface area contributed by atoms with E-state index in [2.05, 4.69) is 63.2 Å². The highest BCUT2D eigenvalue weighted by molar-refractivity contribution is 5.98. The zero-order valence-corrected chi connectivity index (χ0v) is 63.7. The summed E-state index contributed by atoms with van der Waals surface area (Å²) in [4.78, 5) is 35.1. The molecule has 38 heteroatoms. The van der Waals surface area contributed by atoms with Gasteiger partial charge in [-0.3, -0.25) is 0 Å². The molecule has 0 fully saturated rings. The topological polar surface area (TPSA) is 248 Å². The number of hydrogen-bond acceptors (Lipinski definition) is 13. The van der Waals surface area contributed by atoms with Crippen molar-refractivity contribution in [1.29, 1.82) is 31.6 Å². The Morgan fingerprint density at radius 3 is 1.15 bits per heavy atom. The molecule has 0 atom stereocenters. The van der Waals surface area contributed by atoms with Crippen LogP contribution in [-0.4, -0.2) is 39.0 Å². The van der Waals surface area contributed by atoms with E-state index in [9.17, 15) is 99.2 Å². The molecule has 15 rings (SSSR count). The van der Waals surface area contributed by atoms with Gasteiger partial charge in [0.2, 0.25) is 5.70 Å². The van der Waals surface area contributed by atoms with Gasteiger partial charge in [0.15, 0.2) is 46.6 Å². The molecule has 0 spiro atoms. The molecule has 624 valence electrons. The van der Waals surface area contributed by atoms with E-state index in [-0.39, 0.29) is 155 Å². The van der Waals surface area contributed by atoms with Crippen LogP contribution in [0, 0.1) is 161 Å². The molecule has 9 aromatic rings. The third kappa shape index (κ3) is 16.2. The van der Waals surface area contributed by atoms with E-state index in [0.717, 1.165) is 48.0 Å². The number of hydrogen-bond donors (Lipinski definition) is 0. The van der Waals surface area contributed by atoms with Gasteiger partial charge in [-0.2, -0.15) is 51.0 Å². The molecule has 0 saturated heterocycles. The first-order chi connectivity index (χ1) is 60.9. The van der Waals surface area contributed by atoms with Gasteiger partial charge in [-0.25, -0.2) is 73.5 Å². The number of nitrogens with zero attached hydrogens (tertiary/aromatic N) is 16. The molecule has 0 unspecified atom stereocenters. The summed E-state index contributed by atoms with van der Waals surface area (Å²) < 4.78 is 276. The summed E-state index contributed by atoms with van der Waals surface area (Å²) in [7, 11) is 0. The van der Waals surface area contributed by atoms with Gasteiger partial charge in [-0.15, -0.1) is 39.5 Å². The zero-order chi connectivity index (χ0) is 92.8. The highest BCUT2D eigenvalue weighted by Crippen LogP contribution is 2.46. The fraction of sp³-hybridized carbons (Fsp3) is 0.111. The van der Waals surface area contributed by atoms with Crippen molar-refractivity contribution in [2.45, 2.75) is 64.5 Å². The van der Waals surface area contributed by atoms with Crippen molar-refractivity contribution in [2.75, 3.05) is 0 Å². The van der Waals surface area contributed by atoms with E-state index in [1.54, 1.807) is 36.4 Å². The number of aromatic nitrogens is 4. The minimum Gasteiger partial charge on any atom is -0.406 e. The minimum atomic E-state index is -5.05. The molecular weight excluding hydrogens is 1710 g/mol. The van der Waals surface area contributed by atoms with Crippen molar-refractivity contribution < 1.29 is 97.6 Å². The van der Waals surface area contributed by atoms with Crippen molar-refractivity contribution in [3.05, 3.63) is 367 Å². The first-order valence-electron chi connectivity index (χ1n) is 35.8. The third-order valence-electron chi connectivity index (χ3n) is 20.2. The van der Waals surface area contributed by atoms with Crippen LogP contribution in [-0.2, 0) is 38.5 Å². The van der Waals surface area contributed by atoms with E-state index in [4.69, 9.17) is 55.2 Å². The molecular formula is C90H33F19N16O3. The predicted molar refractivity (Wildman–Crippen MR) is 409 cm³/mol. The van der Waals surface area contributed by atoms with Crippen LogP contribution in [0.25, 0.3) is 97.5 Å². The van der Waals surface area contributed by atoms with Gasteiger partial charge in [-0.05, 0) is 145 Å². The summed E-state index contributed by atoms with van der Waals surface area (Å²) in [5.41, 5.74) is -3.52. The van der Waals surface area contributed by atoms with Crippen LogP contribution in [0.5, 0.6) is 17.2 Å². The Labute approximate surface area is 706 Å². The molecule has 0 amide bonds. The smallest absolute Gasteiger partial charge is 0.406 e. The number of benzene rings is 7. The van der Waals surface area contributed by atoms with Gasteiger partial charge >= 0.3 is 30.7 Å². The molecule has 0 bridgehead atoms. The monoisotopic (exact) mass is 1750 g/mol. The number of aryl methyl sites for hydroxylation is 1. The molecule has 19 nitrogen and oxygen atoms in total. The van der Waals surface area contributed by atoms with Crippen LogP contribution >= 0.6 is 0 Å². The lowest BCUT2D eigenvalue weighted by Crippen LogP contribution is -2.25. The average molecular weight is 1750 g/mol. The Kier molecular flexibility index (Phi) is 23.6. The van der Waals surface area contributed by atoms with E-state index < -0.39 is 140 Å². The zero-order valence-electron chi connectivity index (χ0n) is 63.7. The van der Waals surface area contributed by atoms with Gasteiger partial charge in [0, 0.05) is 37.7 Å². The van der Waals surface area contributed by atoms with Crippen molar-refractivity contribution in [3.8, 4) is 75.9 Å². The summed E-state index contributed by atoms with van der Waals surface area (Å²) in [6.07, 6.45) is -14.0. The van der Waals surface area contributed by atoms with Gasteiger partial charge in [0.25, 0.3) is 5.69 Å². The maximum Gasteiger partial charge on any atom is 0.573 e. The molecule has 2 heterocycles. The number of halogens is 19. The molecule has 128 heavy (non-hydrogen) atoms. The molecule has 0 saturated carbocycles. The Balaban J connectivity index is 0.000000182. The predicted octanol–water partition coefficient (Wildman–Crippen LogP) is 17.1. The fourth-order valence-corrected chi connectivity index (χ4v) is 14.9. The van der Waals surface area contributed by atoms with E-state index in [1.807, 2.05) is 19.1 Å². The van der Waals surface area contributed by atoms with Gasteiger partial charge in [-0.1, -0.05) is 66.2 Å². The summed E-state index contributed by atoms with van der Waals surface area (Å²) >= 11 is 0. The Hall–Kier alpha value is -17.7. The normalized spacial score (nSPS) is 14.2. The lowest BCUT2D eigenvalue weighted by atomic mass is 9.86. The summed E-state index contributed by atoms with van der Waals surface area (Å²) in [6, 6.07) is 30.7. The van der Waals surface area contributed by atoms with Gasteiger partial charge < -0.3 is 14.2 Å². The number of nitriles is 6. The van der Waals surface area contributed by atoms with Crippen LogP contribution in [0.3, 0.4) is 0 Å². The van der Waals surface area contributed by atoms with Crippen LogP contribution in [0.15, 0.2) is 153 Å². The Morgan fingerprint density at radius 2 is 0.750 bits per heavy atom. The third-order valence-corrected chi connectivity index (χ3v) is 20.2. The van der Waals surface area contributed by atoms with Crippen molar-refractivity contribution in [2.24, 2.45) is 0 Å². The summed E-state index contributed by atoms with van der Waals surface area (Å²) in [5, 5.41) is 57.2. The lowest BCUT2D eigenvalue weighted by Gasteiger charge is -2.18. The van der Waals surface area contributed by atoms with E-state index in [1.165, 1.54) is 54.6 Å². The van der Waals surface area contributed by atoms with Crippen molar-refractivity contribution >= 4 is 51.9 Å². The second-order valence-electron chi connectivity index (χ2n) is 27.4. The van der Waals surface area contributed by atoms with Gasteiger partial charge in [0.05, 0.1) is 74.5 Å². The van der Waals surface area contributed by atoms with E-state index in [0.29, 0.717) is 38.6 Å². The number of allylic oxidation sites excluding steroid dienone is 9. The standard InChI is InChI=1S/C46H23F9N4O3.C28H6F8N6.C16H4F2N6/c1-24-4-6-25(7-5-24)40-36(43(58-2)59-3)21-35-39(28-12-18-32(19-13-28)62-46(53,54)55)41-34(38(42(35)40)27-10-16-31(17-11-27)61-45(50,51)52)20-33(29(22-56)23-57)37(41)26-8-14-30(15-9-26)60-44(47,48)49;1-39-27(18-23(33)25(35)28(40-2)26(36)24(18)34)10-5-15-16(6-10)42-14-4-9(3-13(14)41-15)11(7-37)17-21(31)19(29)12(8-38)20(30)22(17)32;1-21-16(22-2)9-4-11-15(13(9)18)23-10-3-8(7(5-19)6-20)12(17)14(10)24-11/h4-19H,20-21H2,1H3;3,6H,4-5H2;3-4H2/b;11-9-,27-10-;. The van der Waals surface area contributed by atoms with Crippen LogP contribution in [0.4, 0.5) is 89.1 Å². The molecule has 0 N–H and O–H groups in total. The van der Waals surface area contributed by atoms with Gasteiger partial charge in [0.1, 0.15) is 119 Å².